The Labute approximate surface area is 177 Å². The first-order valence-corrected chi connectivity index (χ1v) is 10.3. The van der Waals surface area contributed by atoms with Gasteiger partial charge in [-0.1, -0.05) is 32.0 Å². The lowest BCUT2D eigenvalue weighted by Gasteiger charge is -2.22. The van der Waals surface area contributed by atoms with Crippen LogP contribution >= 0.6 is 0 Å². The number of nitrogens with one attached hydrogen (secondary N) is 2. The van der Waals surface area contributed by atoms with Crippen LogP contribution < -0.4 is 15.4 Å². The van der Waals surface area contributed by atoms with Crippen molar-refractivity contribution in [1.29, 1.82) is 0 Å². The number of methoxy groups -OCH3 is 1. The van der Waals surface area contributed by atoms with Gasteiger partial charge in [0.25, 0.3) is 5.91 Å². The Morgan fingerprint density at radius 2 is 1.77 bits per heavy atom. The molecule has 6 heteroatoms. The van der Waals surface area contributed by atoms with Crippen LogP contribution in [0.25, 0.3) is 10.9 Å². The number of hydrogen-bond donors (Lipinski definition) is 2. The van der Waals surface area contributed by atoms with Gasteiger partial charge in [-0.25, -0.2) is 0 Å². The minimum atomic E-state index is -0.591. The van der Waals surface area contributed by atoms with E-state index in [-0.39, 0.29) is 17.7 Å². The molecule has 2 aromatic carbocycles. The van der Waals surface area contributed by atoms with Gasteiger partial charge >= 0.3 is 0 Å². The van der Waals surface area contributed by atoms with Crippen molar-refractivity contribution in [3.8, 4) is 5.75 Å². The predicted molar refractivity (Wildman–Crippen MR) is 119 cm³/mol. The van der Waals surface area contributed by atoms with E-state index in [1.54, 1.807) is 31.4 Å². The number of fused-ring (bicyclic) bond motifs is 1. The first kappa shape index (κ1) is 21.4. The topological polar surface area (TPSA) is 72.4 Å². The summed E-state index contributed by atoms with van der Waals surface area (Å²) in [7, 11) is 1.58. The molecule has 0 bridgehead atoms. The summed E-state index contributed by atoms with van der Waals surface area (Å²) in [6, 6.07) is 16.6. The molecule has 1 unspecified atom stereocenters. The number of aromatic nitrogens is 1. The van der Waals surface area contributed by atoms with Crippen LogP contribution in [-0.4, -0.2) is 36.1 Å². The number of para-hydroxylation sites is 1. The van der Waals surface area contributed by atoms with Crippen LogP contribution in [0, 0.1) is 5.92 Å². The first-order chi connectivity index (χ1) is 14.5. The Morgan fingerprint density at radius 1 is 1.03 bits per heavy atom. The molecule has 0 radical (unpaired) electrons. The molecule has 0 aliphatic heterocycles. The third-order valence-corrected chi connectivity index (χ3v) is 5.14. The molecule has 2 N–H and O–H groups in total. The molecule has 30 heavy (non-hydrogen) atoms. The monoisotopic (exact) mass is 407 g/mol. The minimum Gasteiger partial charge on any atom is -0.497 e. The average Bonchev–Trinajstić information content (AvgIpc) is 3.17. The molecule has 1 heterocycles. The van der Waals surface area contributed by atoms with Crippen molar-refractivity contribution in [1.82, 2.24) is 15.2 Å². The van der Waals surface area contributed by atoms with Crippen molar-refractivity contribution >= 4 is 22.7 Å². The molecular formula is C24H29N3O3. The zero-order valence-electron chi connectivity index (χ0n) is 17.7. The molecule has 0 aliphatic rings. The molecule has 0 fully saturated rings. The van der Waals surface area contributed by atoms with Crippen molar-refractivity contribution < 1.29 is 14.3 Å². The highest BCUT2D eigenvalue weighted by atomic mass is 16.5. The number of amides is 2. The van der Waals surface area contributed by atoms with E-state index in [9.17, 15) is 9.59 Å². The standard InChI is InChI=1S/C24H29N3O3/c1-17(2)22(26-23(28)19-9-11-20(30-3)12-10-19)24(29)25-14-6-15-27-16-13-18-7-4-5-8-21(18)27/h4-5,7-13,16-17,22H,6,14-15H2,1-3H3,(H,25,29)(H,26,28). The summed E-state index contributed by atoms with van der Waals surface area (Å²) in [6.45, 7) is 5.21. The smallest absolute Gasteiger partial charge is 0.251 e. The fourth-order valence-corrected chi connectivity index (χ4v) is 3.41. The van der Waals surface area contributed by atoms with E-state index in [1.807, 2.05) is 26.0 Å². The number of nitrogens with zero attached hydrogens (tertiary/aromatic N) is 1. The van der Waals surface area contributed by atoms with Gasteiger partial charge in [-0.05, 0) is 54.1 Å². The highest BCUT2D eigenvalue weighted by molar-refractivity contribution is 5.97. The van der Waals surface area contributed by atoms with Crippen LogP contribution in [0.15, 0.2) is 60.8 Å². The Balaban J connectivity index is 1.51. The quantitative estimate of drug-likeness (QED) is 0.532. The molecule has 2 amide bonds. The zero-order valence-corrected chi connectivity index (χ0v) is 17.7. The molecule has 158 valence electrons. The molecule has 6 nitrogen and oxygen atoms in total. The number of hydrogen-bond acceptors (Lipinski definition) is 3. The SMILES string of the molecule is COc1ccc(C(=O)NC(C(=O)NCCCn2ccc3ccccc32)C(C)C)cc1. The Morgan fingerprint density at radius 3 is 2.47 bits per heavy atom. The average molecular weight is 408 g/mol. The van der Waals surface area contributed by atoms with Crippen LogP contribution in [0.1, 0.15) is 30.6 Å². The van der Waals surface area contributed by atoms with Gasteiger partial charge in [0.05, 0.1) is 7.11 Å². The second-order valence-electron chi connectivity index (χ2n) is 7.64. The van der Waals surface area contributed by atoms with Crippen LogP contribution in [0.2, 0.25) is 0 Å². The number of rotatable bonds is 9. The summed E-state index contributed by atoms with van der Waals surface area (Å²) < 4.78 is 7.30. The van der Waals surface area contributed by atoms with Gasteiger partial charge in [0, 0.05) is 30.4 Å². The molecule has 0 saturated heterocycles. The van der Waals surface area contributed by atoms with Crippen LogP contribution in [0.5, 0.6) is 5.75 Å². The predicted octanol–water partition coefficient (Wildman–Crippen LogP) is 3.61. The van der Waals surface area contributed by atoms with Gasteiger partial charge < -0.3 is 19.9 Å². The van der Waals surface area contributed by atoms with Crippen LogP contribution in [0.3, 0.4) is 0 Å². The van der Waals surface area contributed by atoms with E-state index < -0.39 is 6.04 Å². The second-order valence-corrected chi connectivity index (χ2v) is 7.64. The van der Waals surface area contributed by atoms with Gasteiger partial charge in [0.2, 0.25) is 5.91 Å². The number of carbonyl (C=O) groups is 2. The third-order valence-electron chi connectivity index (χ3n) is 5.14. The summed E-state index contributed by atoms with van der Waals surface area (Å²) in [5, 5.41) is 7.03. The minimum absolute atomic E-state index is 0.0272. The Bertz CT molecular complexity index is 992. The maximum Gasteiger partial charge on any atom is 0.251 e. The number of carbonyl (C=O) groups excluding carboxylic acids is 2. The van der Waals surface area contributed by atoms with Crippen molar-refractivity contribution in [3.63, 3.8) is 0 Å². The lowest BCUT2D eigenvalue weighted by atomic mass is 10.0. The summed E-state index contributed by atoms with van der Waals surface area (Å²) in [4.78, 5) is 25.2. The maximum absolute atomic E-state index is 12.7. The van der Waals surface area contributed by atoms with Crippen molar-refractivity contribution in [3.05, 3.63) is 66.4 Å². The van der Waals surface area contributed by atoms with Gasteiger partial charge in [-0.3, -0.25) is 9.59 Å². The maximum atomic E-state index is 12.7. The molecule has 1 aromatic heterocycles. The van der Waals surface area contributed by atoms with Crippen LogP contribution in [0.4, 0.5) is 0 Å². The zero-order chi connectivity index (χ0) is 21.5. The molecule has 1 atom stereocenters. The van der Waals surface area contributed by atoms with Gasteiger partial charge in [0.1, 0.15) is 11.8 Å². The highest BCUT2D eigenvalue weighted by Gasteiger charge is 2.24. The molecule has 0 spiro atoms. The fourth-order valence-electron chi connectivity index (χ4n) is 3.41. The fraction of sp³-hybridized carbons (Fsp3) is 0.333. The first-order valence-electron chi connectivity index (χ1n) is 10.3. The van der Waals surface area contributed by atoms with E-state index in [1.165, 1.54) is 10.9 Å². The lowest BCUT2D eigenvalue weighted by molar-refractivity contribution is -0.123. The van der Waals surface area contributed by atoms with Crippen molar-refractivity contribution in [2.75, 3.05) is 13.7 Å². The van der Waals surface area contributed by atoms with Gasteiger partial charge in [-0.2, -0.15) is 0 Å². The third kappa shape index (κ3) is 5.20. The second kappa shape index (κ2) is 9.96. The summed E-state index contributed by atoms with van der Waals surface area (Å²) in [5.74, 6) is 0.218. The normalized spacial score (nSPS) is 12.0. The van der Waals surface area contributed by atoms with Gasteiger partial charge in [0.15, 0.2) is 0 Å². The summed E-state index contributed by atoms with van der Waals surface area (Å²) >= 11 is 0. The van der Waals surface area contributed by atoms with E-state index in [0.717, 1.165) is 13.0 Å². The number of benzene rings is 2. The van der Waals surface area contributed by atoms with Crippen LogP contribution in [-0.2, 0) is 11.3 Å². The largest absolute Gasteiger partial charge is 0.497 e. The molecule has 3 rings (SSSR count). The van der Waals surface area contributed by atoms with Crippen molar-refractivity contribution in [2.24, 2.45) is 5.92 Å². The molecular weight excluding hydrogens is 378 g/mol. The molecule has 3 aromatic rings. The number of aryl methyl sites for hydroxylation is 1. The van der Waals surface area contributed by atoms with E-state index in [0.29, 0.717) is 17.9 Å². The summed E-state index contributed by atoms with van der Waals surface area (Å²) in [6.07, 6.45) is 2.88. The summed E-state index contributed by atoms with van der Waals surface area (Å²) in [5.41, 5.74) is 1.68. The Hall–Kier alpha value is -3.28. The Kier molecular flexibility index (Phi) is 7.12. The molecule has 0 aliphatic carbocycles. The van der Waals surface area contributed by atoms with E-state index in [2.05, 4.69) is 39.6 Å². The van der Waals surface area contributed by atoms with Crippen molar-refractivity contribution in [2.45, 2.75) is 32.9 Å². The van der Waals surface area contributed by atoms with E-state index >= 15 is 0 Å². The number of ether oxygens (including phenoxy) is 1. The molecule has 0 saturated carbocycles. The van der Waals surface area contributed by atoms with E-state index in [4.69, 9.17) is 4.74 Å². The highest BCUT2D eigenvalue weighted by Crippen LogP contribution is 2.15. The van der Waals surface area contributed by atoms with Gasteiger partial charge in [-0.15, -0.1) is 0 Å². The lowest BCUT2D eigenvalue weighted by Crippen LogP contribution is -2.49.